The van der Waals surface area contributed by atoms with Crippen molar-refractivity contribution in [3.63, 3.8) is 0 Å². The molecular formula is C9H8FN3. The molecule has 0 saturated heterocycles. The molecule has 0 aliphatic rings. The third-order valence-corrected chi connectivity index (χ3v) is 1.75. The van der Waals surface area contributed by atoms with E-state index in [1.54, 1.807) is 24.4 Å². The molecule has 0 radical (unpaired) electrons. The van der Waals surface area contributed by atoms with E-state index in [0.29, 0.717) is 11.3 Å². The lowest BCUT2D eigenvalue weighted by atomic mass is 10.1. The molecule has 2 N–H and O–H groups in total. The monoisotopic (exact) mass is 177 g/mol. The highest BCUT2D eigenvalue weighted by Gasteiger charge is 2.05. The van der Waals surface area contributed by atoms with Gasteiger partial charge >= 0.3 is 0 Å². The van der Waals surface area contributed by atoms with E-state index in [2.05, 4.69) is 4.98 Å². The van der Waals surface area contributed by atoms with Crippen LogP contribution in [0, 0.1) is 5.82 Å². The molecular weight excluding hydrogens is 169 g/mol. The van der Waals surface area contributed by atoms with Gasteiger partial charge in [-0.1, -0.05) is 12.1 Å². The zero-order chi connectivity index (χ0) is 9.26. The van der Waals surface area contributed by atoms with E-state index in [1.807, 2.05) is 0 Å². The van der Waals surface area contributed by atoms with Gasteiger partial charge in [-0.3, -0.25) is 4.68 Å². The van der Waals surface area contributed by atoms with Gasteiger partial charge in [-0.25, -0.2) is 9.37 Å². The van der Waals surface area contributed by atoms with E-state index in [4.69, 9.17) is 5.84 Å². The summed E-state index contributed by atoms with van der Waals surface area (Å²) in [7, 11) is 0. The number of halogens is 1. The third-order valence-electron chi connectivity index (χ3n) is 1.75. The summed E-state index contributed by atoms with van der Waals surface area (Å²) in [6.45, 7) is 0. The van der Waals surface area contributed by atoms with Gasteiger partial charge < -0.3 is 5.84 Å². The van der Waals surface area contributed by atoms with Crippen LogP contribution in [0.5, 0.6) is 0 Å². The van der Waals surface area contributed by atoms with E-state index in [0.717, 1.165) is 0 Å². The van der Waals surface area contributed by atoms with Gasteiger partial charge in [-0.15, -0.1) is 0 Å². The Morgan fingerprint density at radius 3 is 2.69 bits per heavy atom. The SMILES string of the molecule is Nn1cnc(-c2ccccc2F)c1. The van der Waals surface area contributed by atoms with Gasteiger partial charge in [0.2, 0.25) is 0 Å². The second-order valence-electron chi connectivity index (χ2n) is 2.69. The van der Waals surface area contributed by atoms with Gasteiger partial charge in [0.15, 0.2) is 0 Å². The van der Waals surface area contributed by atoms with Crippen LogP contribution in [0.3, 0.4) is 0 Å². The second-order valence-corrected chi connectivity index (χ2v) is 2.69. The Morgan fingerprint density at radius 1 is 1.31 bits per heavy atom. The molecule has 0 aliphatic heterocycles. The van der Waals surface area contributed by atoms with Gasteiger partial charge in [0.05, 0.1) is 11.9 Å². The molecule has 4 heteroatoms. The van der Waals surface area contributed by atoms with Crippen molar-refractivity contribution in [1.82, 2.24) is 9.66 Å². The van der Waals surface area contributed by atoms with Crippen LogP contribution in [-0.2, 0) is 0 Å². The van der Waals surface area contributed by atoms with Crippen LogP contribution in [0.25, 0.3) is 11.3 Å². The Bertz CT molecular complexity index is 422. The first-order valence-corrected chi connectivity index (χ1v) is 3.81. The second kappa shape index (κ2) is 2.90. The Labute approximate surface area is 74.6 Å². The summed E-state index contributed by atoms with van der Waals surface area (Å²) in [5.41, 5.74) is 1.01. The molecule has 1 heterocycles. The van der Waals surface area contributed by atoms with E-state index >= 15 is 0 Å². The Kier molecular flexibility index (Phi) is 1.73. The summed E-state index contributed by atoms with van der Waals surface area (Å²) in [4.78, 5) is 3.94. The molecule has 1 aromatic heterocycles. The first kappa shape index (κ1) is 7.79. The highest BCUT2D eigenvalue weighted by atomic mass is 19.1. The molecule has 0 spiro atoms. The number of nitrogens with two attached hydrogens (primary N) is 1. The van der Waals surface area contributed by atoms with E-state index < -0.39 is 0 Å². The minimum Gasteiger partial charge on any atom is -0.338 e. The Morgan fingerprint density at radius 2 is 2.08 bits per heavy atom. The minimum atomic E-state index is -0.291. The number of hydrogen-bond acceptors (Lipinski definition) is 2. The van der Waals surface area contributed by atoms with Crippen LogP contribution in [0.2, 0.25) is 0 Å². The normalized spacial score (nSPS) is 10.2. The Balaban J connectivity index is 2.52. The van der Waals surface area contributed by atoms with Crippen LogP contribution in [0.4, 0.5) is 4.39 Å². The number of hydrogen-bond donors (Lipinski definition) is 1. The molecule has 1 aromatic carbocycles. The summed E-state index contributed by atoms with van der Waals surface area (Å²) in [5.74, 6) is 5.11. The first-order chi connectivity index (χ1) is 6.27. The van der Waals surface area contributed by atoms with Crippen LogP contribution in [0.1, 0.15) is 0 Å². The average molecular weight is 177 g/mol. The van der Waals surface area contributed by atoms with Crippen LogP contribution < -0.4 is 5.84 Å². The molecule has 0 unspecified atom stereocenters. The maximum absolute atomic E-state index is 13.2. The molecule has 66 valence electrons. The van der Waals surface area contributed by atoms with Crippen molar-refractivity contribution in [2.24, 2.45) is 0 Å². The van der Waals surface area contributed by atoms with Crippen LogP contribution in [-0.4, -0.2) is 9.66 Å². The van der Waals surface area contributed by atoms with Gasteiger partial charge in [-0.05, 0) is 12.1 Å². The molecule has 0 bridgehead atoms. The fourth-order valence-corrected chi connectivity index (χ4v) is 1.14. The lowest BCUT2D eigenvalue weighted by Crippen LogP contribution is -2.02. The molecule has 0 atom stereocenters. The molecule has 0 aliphatic carbocycles. The number of rotatable bonds is 1. The maximum atomic E-state index is 13.2. The van der Waals surface area contributed by atoms with Crippen LogP contribution >= 0.6 is 0 Å². The molecule has 13 heavy (non-hydrogen) atoms. The van der Waals surface area contributed by atoms with Crippen LogP contribution in [0.15, 0.2) is 36.8 Å². The lowest BCUT2D eigenvalue weighted by molar-refractivity contribution is 0.631. The van der Waals surface area contributed by atoms with Gasteiger partial charge in [0.25, 0.3) is 0 Å². The molecule has 0 fully saturated rings. The fourth-order valence-electron chi connectivity index (χ4n) is 1.14. The van der Waals surface area contributed by atoms with Crippen molar-refractivity contribution >= 4 is 0 Å². The predicted molar refractivity (Wildman–Crippen MR) is 47.8 cm³/mol. The van der Waals surface area contributed by atoms with Crippen molar-refractivity contribution in [1.29, 1.82) is 0 Å². The van der Waals surface area contributed by atoms with Gasteiger partial charge in [0.1, 0.15) is 12.1 Å². The smallest absolute Gasteiger partial charge is 0.132 e. The minimum absolute atomic E-state index is 0.291. The number of nitrogens with zero attached hydrogens (tertiary/aromatic N) is 2. The number of aromatic nitrogens is 2. The van der Waals surface area contributed by atoms with Gasteiger partial charge in [0, 0.05) is 5.56 Å². The highest BCUT2D eigenvalue weighted by Crippen LogP contribution is 2.19. The third kappa shape index (κ3) is 1.38. The summed E-state index contributed by atoms with van der Waals surface area (Å²) >= 11 is 0. The quantitative estimate of drug-likeness (QED) is 0.669. The first-order valence-electron chi connectivity index (χ1n) is 3.81. The number of benzene rings is 1. The number of imidazole rings is 1. The summed E-state index contributed by atoms with van der Waals surface area (Å²) in [6, 6.07) is 6.45. The number of nitrogen functional groups attached to an aromatic ring is 1. The summed E-state index contributed by atoms with van der Waals surface area (Å²) < 4.78 is 14.5. The highest BCUT2D eigenvalue weighted by molar-refractivity contribution is 5.58. The van der Waals surface area contributed by atoms with Crippen molar-refractivity contribution in [3.05, 3.63) is 42.6 Å². The standard InChI is InChI=1S/C9H8FN3/c10-8-4-2-1-3-7(8)9-5-13(11)6-12-9/h1-6H,11H2. The fraction of sp³-hybridized carbons (Fsp3) is 0. The maximum Gasteiger partial charge on any atom is 0.132 e. The van der Waals surface area contributed by atoms with Crippen molar-refractivity contribution < 1.29 is 4.39 Å². The van der Waals surface area contributed by atoms with Crippen molar-refractivity contribution in [2.45, 2.75) is 0 Å². The van der Waals surface area contributed by atoms with Gasteiger partial charge in [-0.2, -0.15) is 0 Å². The topological polar surface area (TPSA) is 43.8 Å². The van der Waals surface area contributed by atoms with Crippen molar-refractivity contribution in [2.75, 3.05) is 5.84 Å². The summed E-state index contributed by atoms with van der Waals surface area (Å²) in [5, 5.41) is 0. The lowest BCUT2D eigenvalue weighted by Gasteiger charge is -1.96. The largest absolute Gasteiger partial charge is 0.338 e. The molecule has 2 rings (SSSR count). The molecule has 2 aromatic rings. The zero-order valence-electron chi connectivity index (χ0n) is 6.81. The van der Waals surface area contributed by atoms with E-state index in [9.17, 15) is 4.39 Å². The predicted octanol–water partition coefficient (Wildman–Crippen LogP) is 1.40. The molecule has 0 saturated carbocycles. The molecule has 3 nitrogen and oxygen atoms in total. The Hall–Kier alpha value is -1.84. The molecule has 0 amide bonds. The average Bonchev–Trinajstić information content (AvgIpc) is 2.53. The van der Waals surface area contributed by atoms with E-state index in [-0.39, 0.29) is 5.82 Å². The van der Waals surface area contributed by atoms with Crippen molar-refractivity contribution in [3.8, 4) is 11.3 Å². The van der Waals surface area contributed by atoms with E-state index in [1.165, 1.54) is 17.1 Å². The zero-order valence-corrected chi connectivity index (χ0v) is 6.81. The summed E-state index contributed by atoms with van der Waals surface area (Å²) in [6.07, 6.45) is 3.00.